The van der Waals surface area contributed by atoms with Crippen LogP contribution in [0.5, 0.6) is 5.75 Å². The molecule has 0 aromatic heterocycles. The lowest BCUT2D eigenvalue weighted by Gasteiger charge is -2.11. The third-order valence-electron chi connectivity index (χ3n) is 2.35. The molecule has 0 saturated heterocycles. The highest BCUT2D eigenvalue weighted by Crippen LogP contribution is 2.28. The molecule has 0 radical (unpaired) electrons. The smallest absolute Gasteiger partial charge is 0.167 e. The number of hydrogen-bond acceptors (Lipinski definition) is 3. The Morgan fingerprint density at radius 2 is 2.19 bits per heavy atom. The molecular weight excluding hydrogens is 226 g/mol. The summed E-state index contributed by atoms with van der Waals surface area (Å²) in [5.41, 5.74) is 1.44. The van der Waals surface area contributed by atoms with Crippen molar-refractivity contribution >= 4 is 17.4 Å². The fourth-order valence-corrected chi connectivity index (χ4v) is 1.85. The van der Waals surface area contributed by atoms with Crippen LogP contribution in [-0.2, 0) is 0 Å². The molecule has 4 heteroatoms. The maximum atomic E-state index is 11.9. The highest BCUT2D eigenvalue weighted by atomic mass is 35.5. The lowest BCUT2D eigenvalue weighted by atomic mass is 10.0. The third kappa shape index (κ3) is 2.97. The van der Waals surface area contributed by atoms with Crippen molar-refractivity contribution in [2.75, 3.05) is 20.7 Å². The van der Waals surface area contributed by atoms with Crippen LogP contribution in [0.25, 0.3) is 0 Å². The first-order valence-corrected chi connectivity index (χ1v) is 5.50. The van der Waals surface area contributed by atoms with Crippen molar-refractivity contribution in [1.29, 1.82) is 0 Å². The topological polar surface area (TPSA) is 38.3 Å². The zero-order valence-electron chi connectivity index (χ0n) is 9.76. The van der Waals surface area contributed by atoms with E-state index in [1.165, 1.54) is 0 Å². The van der Waals surface area contributed by atoms with E-state index in [0.717, 1.165) is 5.56 Å². The fourth-order valence-electron chi connectivity index (χ4n) is 1.58. The molecule has 0 aliphatic rings. The molecule has 0 heterocycles. The number of methoxy groups -OCH3 is 1. The number of carbonyl (C=O) groups excluding carboxylic acids is 1. The number of ketones is 1. The number of halogens is 1. The molecule has 88 valence electrons. The third-order valence-corrected chi connectivity index (χ3v) is 2.56. The first-order valence-electron chi connectivity index (χ1n) is 5.12. The molecule has 0 aliphatic heterocycles. The monoisotopic (exact) mass is 241 g/mol. The van der Waals surface area contributed by atoms with Crippen molar-refractivity contribution < 1.29 is 9.53 Å². The molecule has 0 saturated carbocycles. The van der Waals surface area contributed by atoms with Crippen LogP contribution in [0.1, 0.15) is 22.3 Å². The summed E-state index contributed by atoms with van der Waals surface area (Å²) in [5, 5.41) is 3.50. The number of nitrogens with one attached hydrogen (secondary N) is 1. The fraction of sp³-hybridized carbons (Fsp3) is 0.417. The minimum atomic E-state index is 0.0387. The van der Waals surface area contributed by atoms with E-state index < -0.39 is 0 Å². The molecular formula is C12H16ClNO2. The van der Waals surface area contributed by atoms with Crippen LogP contribution in [0.15, 0.2) is 12.1 Å². The van der Waals surface area contributed by atoms with E-state index in [4.69, 9.17) is 16.3 Å². The number of aryl methyl sites for hydroxylation is 1. The minimum Gasteiger partial charge on any atom is -0.496 e. The normalized spacial score (nSPS) is 10.2. The summed E-state index contributed by atoms with van der Waals surface area (Å²) in [6.07, 6.45) is 0.437. The Hall–Kier alpha value is -1.06. The number of ether oxygens (including phenoxy) is 1. The predicted octanol–water partition coefficient (Wildman–Crippen LogP) is 2.45. The number of Topliss-reactive ketones (excluding diaryl/α,β-unsaturated/α-hetero) is 1. The number of carbonyl (C=O) groups is 1. The second kappa shape index (κ2) is 5.87. The van der Waals surface area contributed by atoms with Crippen LogP contribution < -0.4 is 10.1 Å². The van der Waals surface area contributed by atoms with Gasteiger partial charge in [-0.3, -0.25) is 4.79 Å². The van der Waals surface area contributed by atoms with Crippen LogP contribution in [-0.4, -0.2) is 26.5 Å². The minimum absolute atomic E-state index is 0.0387. The van der Waals surface area contributed by atoms with Gasteiger partial charge in [-0.15, -0.1) is 0 Å². The number of rotatable bonds is 5. The van der Waals surface area contributed by atoms with Crippen molar-refractivity contribution in [3.63, 3.8) is 0 Å². The number of hydrogen-bond donors (Lipinski definition) is 1. The van der Waals surface area contributed by atoms with Gasteiger partial charge in [-0.05, 0) is 31.7 Å². The molecule has 3 nitrogen and oxygen atoms in total. The summed E-state index contributed by atoms with van der Waals surface area (Å²) in [6, 6.07) is 3.45. The van der Waals surface area contributed by atoms with Crippen LogP contribution in [0.3, 0.4) is 0 Å². The van der Waals surface area contributed by atoms with Gasteiger partial charge in [0, 0.05) is 18.0 Å². The summed E-state index contributed by atoms with van der Waals surface area (Å²) in [4.78, 5) is 11.9. The van der Waals surface area contributed by atoms with Gasteiger partial charge in [0.15, 0.2) is 5.78 Å². The molecule has 0 aliphatic carbocycles. The van der Waals surface area contributed by atoms with E-state index in [9.17, 15) is 4.79 Å². The van der Waals surface area contributed by atoms with E-state index in [1.807, 2.05) is 14.0 Å². The van der Waals surface area contributed by atoms with Crippen molar-refractivity contribution in [2.45, 2.75) is 13.3 Å². The zero-order chi connectivity index (χ0) is 12.1. The Balaban J connectivity index is 3.05. The molecule has 0 unspecified atom stereocenters. The van der Waals surface area contributed by atoms with Crippen LogP contribution in [0, 0.1) is 6.92 Å². The zero-order valence-corrected chi connectivity index (χ0v) is 10.5. The molecule has 0 bridgehead atoms. The summed E-state index contributed by atoms with van der Waals surface area (Å²) in [5.74, 6) is 0.655. The van der Waals surface area contributed by atoms with Gasteiger partial charge in [-0.2, -0.15) is 0 Å². The Bertz CT molecular complexity index is 391. The maximum Gasteiger partial charge on any atom is 0.167 e. The van der Waals surface area contributed by atoms with Gasteiger partial charge in [0.2, 0.25) is 0 Å². The lowest BCUT2D eigenvalue weighted by Crippen LogP contribution is -2.14. The van der Waals surface area contributed by atoms with Gasteiger partial charge in [-0.25, -0.2) is 0 Å². The van der Waals surface area contributed by atoms with E-state index >= 15 is 0 Å². The first-order chi connectivity index (χ1) is 7.60. The SMILES string of the molecule is CNCCC(=O)c1cc(Cl)cc(C)c1OC. The molecule has 0 amide bonds. The average Bonchev–Trinajstić information content (AvgIpc) is 2.24. The van der Waals surface area contributed by atoms with Gasteiger partial charge in [0.05, 0.1) is 12.7 Å². The Morgan fingerprint density at radius 1 is 1.50 bits per heavy atom. The van der Waals surface area contributed by atoms with Crippen LogP contribution in [0.2, 0.25) is 5.02 Å². The summed E-state index contributed by atoms with van der Waals surface area (Å²) >= 11 is 5.93. The molecule has 1 aromatic carbocycles. The van der Waals surface area contributed by atoms with E-state index in [-0.39, 0.29) is 5.78 Å². The predicted molar refractivity (Wildman–Crippen MR) is 65.6 cm³/mol. The summed E-state index contributed by atoms with van der Waals surface area (Å²) < 4.78 is 5.23. The van der Waals surface area contributed by atoms with Crippen molar-refractivity contribution in [3.8, 4) is 5.75 Å². The number of benzene rings is 1. The maximum absolute atomic E-state index is 11.9. The standard InChI is InChI=1S/C12H16ClNO2/c1-8-6-9(13)7-10(12(8)16-3)11(15)4-5-14-2/h6-7,14H,4-5H2,1-3H3. The van der Waals surface area contributed by atoms with E-state index in [1.54, 1.807) is 19.2 Å². The second-order valence-electron chi connectivity index (χ2n) is 3.58. The second-order valence-corrected chi connectivity index (χ2v) is 4.02. The highest BCUT2D eigenvalue weighted by molar-refractivity contribution is 6.31. The van der Waals surface area contributed by atoms with Gasteiger partial charge in [0.25, 0.3) is 0 Å². The Labute approximate surface area is 101 Å². The molecule has 0 spiro atoms. The molecule has 0 fully saturated rings. The quantitative estimate of drug-likeness (QED) is 0.805. The van der Waals surface area contributed by atoms with Gasteiger partial charge < -0.3 is 10.1 Å². The molecule has 1 rings (SSSR count). The van der Waals surface area contributed by atoms with E-state index in [0.29, 0.717) is 29.3 Å². The molecule has 1 aromatic rings. The summed E-state index contributed by atoms with van der Waals surface area (Å²) in [7, 11) is 3.37. The van der Waals surface area contributed by atoms with Crippen molar-refractivity contribution in [3.05, 3.63) is 28.3 Å². The highest BCUT2D eigenvalue weighted by Gasteiger charge is 2.14. The van der Waals surface area contributed by atoms with Gasteiger partial charge in [-0.1, -0.05) is 11.6 Å². The Kier molecular flexibility index (Phi) is 4.77. The first kappa shape index (κ1) is 13.0. The molecule has 1 N–H and O–H groups in total. The average molecular weight is 242 g/mol. The van der Waals surface area contributed by atoms with Crippen molar-refractivity contribution in [1.82, 2.24) is 5.32 Å². The molecule has 16 heavy (non-hydrogen) atoms. The Morgan fingerprint density at radius 3 is 2.75 bits per heavy atom. The van der Waals surface area contributed by atoms with Crippen LogP contribution >= 0.6 is 11.6 Å². The lowest BCUT2D eigenvalue weighted by molar-refractivity contribution is 0.0980. The largest absolute Gasteiger partial charge is 0.496 e. The van der Waals surface area contributed by atoms with E-state index in [2.05, 4.69) is 5.32 Å². The van der Waals surface area contributed by atoms with Gasteiger partial charge >= 0.3 is 0 Å². The van der Waals surface area contributed by atoms with Crippen molar-refractivity contribution in [2.24, 2.45) is 0 Å². The molecule has 0 atom stereocenters. The van der Waals surface area contributed by atoms with Crippen LogP contribution in [0.4, 0.5) is 0 Å². The van der Waals surface area contributed by atoms with Gasteiger partial charge in [0.1, 0.15) is 5.75 Å². The summed E-state index contributed by atoms with van der Waals surface area (Å²) in [6.45, 7) is 2.52.